The molecule has 70 valence electrons. The number of pyridine rings is 1. The molecule has 2 nitrogen and oxygen atoms in total. The number of nitrogens with zero attached hydrogens (tertiary/aromatic N) is 1. The van der Waals surface area contributed by atoms with E-state index in [0.29, 0.717) is 12.1 Å². The number of hydrogen-bond acceptors (Lipinski definition) is 2. The Hall–Kier alpha value is -0.930. The van der Waals surface area contributed by atoms with Crippen LogP contribution in [0.2, 0.25) is 5.15 Å². The highest BCUT2D eigenvalue weighted by Crippen LogP contribution is 2.16. The van der Waals surface area contributed by atoms with Gasteiger partial charge in [0, 0.05) is 11.8 Å². The number of rotatable bonds is 3. The summed E-state index contributed by atoms with van der Waals surface area (Å²) in [5.41, 5.74) is 5.72. The average Bonchev–Trinajstić information content (AvgIpc) is 2.13. The molecule has 0 aliphatic heterocycles. The Kier molecular flexibility index (Phi) is 3.86. The lowest BCUT2D eigenvalue weighted by Crippen LogP contribution is -1.95. The molecule has 0 atom stereocenters. The molecule has 1 aromatic rings. The zero-order valence-corrected chi connectivity index (χ0v) is 7.76. The second kappa shape index (κ2) is 4.94. The van der Waals surface area contributed by atoms with Crippen molar-refractivity contribution in [2.24, 2.45) is 5.73 Å². The number of halogens is 2. The van der Waals surface area contributed by atoms with Crippen molar-refractivity contribution in [1.82, 2.24) is 4.98 Å². The van der Waals surface area contributed by atoms with E-state index in [-0.39, 0.29) is 5.15 Å². The Morgan fingerprint density at radius 2 is 2.38 bits per heavy atom. The van der Waals surface area contributed by atoms with Crippen molar-refractivity contribution < 1.29 is 4.39 Å². The molecule has 1 aromatic heterocycles. The molecule has 0 spiro atoms. The van der Waals surface area contributed by atoms with E-state index in [4.69, 9.17) is 17.3 Å². The molecular weight excluding hydrogens is 191 g/mol. The van der Waals surface area contributed by atoms with Crippen LogP contribution < -0.4 is 5.73 Å². The van der Waals surface area contributed by atoms with Gasteiger partial charge in [0.2, 0.25) is 0 Å². The third kappa shape index (κ3) is 2.79. The molecule has 13 heavy (non-hydrogen) atoms. The second-order valence-corrected chi connectivity index (χ2v) is 2.84. The van der Waals surface area contributed by atoms with Gasteiger partial charge >= 0.3 is 0 Å². The molecule has 0 aliphatic carbocycles. The molecule has 1 heterocycles. The van der Waals surface area contributed by atoms with Gasteiger partial charge < -0.3 is 5.73 Å². The van der Waals surface area contributed by atoms with Crippen LogP contribution in [0.3, 0.4) is 0 Å². The van der Waals surface area contributed by atoms with Crippen molar-refractivity contribution >= 4 is 17.7 Å². The third-order valence-corrected chi connectivity index (χ3v) is 1.77. The van der Waals surface area contributed by atoms with Gasteiger partial charge in [-0.1, -0.05) is 23.8 Å². The zero-order valence-electron chi connectivity index (χ0n) is 7.00. The predicted molar refractivity (Wildman–Crippen MR) is 51.9 cm³/mol. The lowest BCUT2D eigenvalue weighted by atomic mass is 10.2. The van der Waals surface area contributed by atoms with E-state index in [1.165, 1.54) is 6.20 Å². The quantitative estimate of drug-likeness (QED) is 0.760. The van der Waals surface area contributed by atoms with Crippen molar-refractivity contribution in [3.63, 3.8) is 0 Å². The lowest BCUT2D eigenvalue weighted by molar-refractivity contribution is 0.619. The fourth-order valence-corrected chi connectivity index (χ4v) is 1.03. The van der Waals surface area contributed by atoms with Gasteiger partial charge in [-0.15, -0.1) is 0 Å². The maximum atomic E-state index is 13.2. The maximum absolute atomic E-state index is 13.2. The van der Waals surface area contributed by atoms with E-state index in [2.05, 4.69) is 4.98 Å². The molecule has 0 fully saturated rings. The minimum absolute atomic E-state index is 0.102. The SMILES string of the molecule is NCCC=Cc1ccnc(Cl)c1F. The smallest absolute Gasteiger partial charge is 0.167 e. The Labute approximate surface area is 81.2 Å². The molecule has 0 aromatic carbocycles. The van der Waals surface area contributed by atoms with Crippen LogP contribution in [-0.4, -0.2) is 11.5 Å². The van der Waals surface area contributed by atoms with Crippen LogP contribution in [0.1, 0.15) is 12.0 Å². The van der Waals surface area contributed by atoms with Crippen molar-refractivity contribution in [1.29, 1.82) is 0 Å². The van der Waals surface area contributed by atoms with Gasteiger partial charge in [0.1, 0.15) is 0 Å². The Balaban J connectivity index is 2.83. The molecule has 2 N–H and O–H groups in total. The zero-order chi connectivity index (χ0) is 9.68. The fourth-order valence-electron chi connectivity index (χ4n) is 0.867. The summed E-state index contributed by atoms with van der Waals surface area (Å²) in [6, 6.07) is 1.56. The van der Waals surface area contributed by atoms with E-state index < -0.39 is 5.82 Å². The predicted octanol–water partition coefficient (Wildman–Crippen LogP) is 2.24. The largest absolute Gasteiger partial charge is 0.330 e. The van der Waals surface area contributed by atoms with Gasteiger partial charge in [-0.3, -0.25) is 0 Å². The fraction of sp³-hybridized carbons (Fsp3) is 0.222. The standard InChI is InChI=1S/C9H10ClFN2/c10-9-8(11)7(4-6-13-9)3-1-2-5-12/h1,3-4,6H,2,5,12H2. The Morgan fingerprint density at radius 1 is 1.62 bits per heavy atom. The van der Waals surface area contributed by atoms with E-state index in [1.54, 1.807) is 18.2 Å². The first-order valence-electron chi connectivity index (χ1n) is 3.92. The molecule has 0 saturated carbocycles. The molecule has 0 unspecified atom stereocenters. The van der Waals surface area contributed by atoms with Gasteiger partial charge in [0.25, 0.3) is 0 Å². The van der Waals surface area contributed by atoms with Crippen molar-refractivity contribution in [3.8, 4) is 0 Å². The highest BCUT2D eigenvalue weighted by molar-refractivity contribution is 6.29. The van der Waals surface area contributed by atoms with Crippen LogP contribution in [0.15, 0.2) is 18.3 Å². The van der Waals surface area contributed by atoms with Gasteiger partial charge in [0.15, 0.2) is 11.0 Å². The first kappa shape index (κ1) is 10.2. The number of hydrogen-bond donors (Lipinski definition) is 1. The number of nitrogens with two attached hydrogens (primary N) is 1. The minimum atomic E-state index is -0.488. The summed E-state index contributed by atoms with van der Waals surface area (Å²) in [7, 11) is 0. The van der Waals surface area contributed by atoms with Crippen molar-refractivity contribution in [3.05, 3.63) is 34.9 Å². The Morgan fingerprint density at radius 3 is 3.08 bits per heavy atom. The molecule has 0 amide bonds. The summed E-state index contributed by atoms with van der Waals surface area (Å²) in [4.78, 5) is 3.60. The van der Waals surface area contributed by atoms with E-state index in [1.807, 2.05) is 0 Å². The highest BCUT2D eigenvalue weighted by Gasteiger charge is 2.03. The van der Waals surface area contributed by atoms with Crippen LogP contribution >= 0.6 is 11.6 Å². The molecule has 1 rings (SSSR count). The first-order chi connectivity index (χ1) is 6.25. The van der Waals surface area contributed by atoms with Crippen LogP contribution in [0, 0.1) is 5.82 Å². The monoisotopic (exact) mass is 200 g/mol. The van der Waals surface area contributed by atoms with E-state index >= 15 is 0 Å². The summed E-state index contributed by atoms with van der Waals surface area (Å²) in [5.74, 6) is -0.488. The third-order valence-electron chi connectivity index (χ3n) is 1.51. The molecule has 4 heteroatoms. The molecule has 0 bridgehead atoms. The summed E-state index contributed by atoms with van der Waals surface area (Å²) in [6.07, 6.45) is 5.64. The molecule has 0 radical (unpaired) electrons. The van der Waals surface area contributed by atoms with Gasteiger partial charge in [0.05, 0.1) is 0 Å². The molecular formula is C9H10ClFN2. The van der Waals surface area contributed by atoms with Crippen LogP contribution in [0.4, 0.5) is 4.39 Å². The van der Waals surface area contributed by atoms with Gasteiger partial charge in [-0.05, 0) is 19.0 Å². The summed E-state index contributed by atoms with van der Waals surface area (Å²) in [6.45, 7) is 0.553. The average molecular weight is 201 g/mol. The van der Waals surface area contributed by atoms with Gasteiger partial charge in [-0.25, -0.2) is 9.37 Å². The van der Waals surface area contributed by atoms with Crippen LogP contribution in [0.5, 0.6) is 0 Å². The van der Waals surface area contributed by atoms with E-state index in [0.717, 1.165) is 6.42 Å². The van der Waals surface area contributed by atoms with Crippen LogP contribution in [0.25, 0.3) is 6.08 Å². The maximum Gasteiger partial charge on any atom is 0.167 e. The molecule has 0 saturated heterocycles. The summed E-state index contributed by atoms with van der Waals surface area (Å²) < 4.78 is 13.2. The van der Waals surface area contributed by atoms with Crippen molar-refractivity contribution in [2.75, 3.05) is 6.54 Å². The second-order valence-electron chi connectivity index (χ2n) is 2.48. The minimum Gasteiger partial charge on any atom is -0.330 e. The Bertz CT molecular complexity index is 312. The highest BCUT2D eigenvalue weighted by atomic mass is 35.5. The molecule has 0 aliphatic rings. The topological polar surface area (TPSA) is 38.9 Å². The van der Waals surface area contributed by atoms with Crippen LogP contribution in [-0.2, 0) is 0 Å². The normalized spacial score (nSPS) is 11.0. The lowest BCUT2D eigenvalue weighted by Gasteiger charge is -1.96. The number of aromatic nitrogens is 1. The summed E-state index contributed by atoms with van der Waals surface area (Å²) in [5, 5.41) is -0.102. The van der Waals surface area contributed by atoms with Crippen molar-refractivity contribution in [2.45, 2.75) is 6.42 Å². The van der Waals surface area contributed by atoms with E-state index in [9.17, 15) is 4.39 Å². The van der Waals surface area contributed by atoms with Gasteiger partial charge in [-0.2, -0.15) is 0 Å². The first-order valence-corrected chi connectivity index (χ1v) is 4.30. The summed E-state index contributed by atoms with van der Waals surface area (Å²) >= 11 is 5.48.